The van der Waals surface area contributed by atoms with Gasteiger partial charge in [-0.05, 0) is 23.7 Å². The molecule has 2 rings (SSSR count). The van der Waals surface area contributed by atoms with E-state index in [1.165, 1.54) is 24.7 Å². The van der Waals surface area contributed by atoms with Gasteiger partial charge in [0.25, 0.3) is 0 Å². The van der Waals surface area contributed by atoms with Crippen molar-refractivity contribution in [3.63, 3.8) is 0 Å². The Bertz CT molecular complexity index is 461. The normalized spacial score (nSPS) is 10.1. The second kappa shape index (κ2) is 3.67. The van der Waals surface area contributed by atoms with E-state index in [9.17, 15) is 4.39 Å². The van der Waals surface area contributed by atoms with Crippen LogP contribution in [0.3, 0.4) is 0 Å². The van der Waals surface area contributed by atoms with Crippen LogP contribution in [0.2, 0.25) is 5.28 Å². The van der Waals surface area contributed by atoms with Gasteiger partial charge in [0, 0.05) is 18.6 Å². The molecule has 0 amide bonds. The molecule has 2 aromatic rings. The predicted octanol–water partition coefficient (Wildman–Crippen LogP) is 2.33. The predicted molar refractivity (Wildman–Crippen MR) is 50.2 cm³/mol. The molecule has 0 atom stereocenters. The van der Waals surface area contributed by atoms with E-state index in [0.29, 0.717) is 11.3 Å². The highest BCUT2D eigenvalue weighted by Crippen LogP contribution is 2.19. The minimum Gasteiger partial charge on any atom is -0.264 e. The molecule has 0 aliphatic rings. The van der Waals surface area contributed by atoms with Crippen LogP contribution in [-0.2, 0) is 0 Å². The monoisotopic (exact) mass is 209 g/mol. The Hall–Kier alpha value is -1.55. The fraction of sp³-hybridized carbons (Fsp3) is 0. The lowest BCUT2D eigenvalue weighted by molar-refractivity contribution is 0.628. The smallest absolute Gasteiger partial charge is 0.222 e. The second-order valence-electron chi connectivity index (χ2n) is 2.57. The summed E-state index contributed by atoms with van der Waals surface area (Å²) in [5.74, 6) is -0.380. The largest absolute Gasteiger partial charge is 0.264 e. The Morgan fingerprint density at radius 3 is 2.79 bits per heavy atom. The first-order chi connectivity index (χ1) is 6.77. The zero-order valence-electron chi connectivity index (χ0n) is 6.98. The van der Waals surface area contributed by atoms with Crippen LogP contribution >= 0.6 is 11.6 Å². The van der Waals surface area contributed by atoms with Crippen LogP contribution in [-0.4, -0.2) is 15.0 Å². The first-order valence-corrected chi connectivity index (χ1v) is 4.23. The highest BCUT2D eigenvalue weighted by molar-refractivity contribution is 6.28. The first-order valence-electron chi connectivity index (χ1n) is 3.86. The maximum atomic E-state index is 13.3. The molecule has 0 aliphatic carbocycles. The SMILES string of the molecule is Fc1ccncc1-c1ccnc(Cl)n1. The third-order valence-corrected chi connectivity index (χ3v) is 1.85. The van der Waals surface area contributed by atoms with Crippen molar-refractivity contribution in [2.75, 3.05) is 0 Å². The topological polar surface area (TPSA) is 38.7 Å². The summed E-state index contributed by atoms with van der Waals surface area (Å²) in [6.45, 7) is 0. The fourth-order valence-corrected chi connectivity index (χ4v) is 1.20. The number of hydrogen-bond acceptors (Lipinski definition) is 3. The quantitative estimate of drug-likeness (QED) is 0.677. The Morgan fingerprint density at radius 1 is 1.21 bits per heavy atom. The molecule has 0 spiro atoms. The van der Waals surface area contributed by atoms with Crippen LogP contribution in [0.4, 0.5) is 4.39 Å². The molecule has 14 heavy (non-hydrogen) atoms. The van der Waals surface area contributed by atoms with E-state index in [-0.39, 0.29) is 11.1 Å². The summed E-state index contributed by atoms with van der Waals surface area (Å²) in [6.07, 6.45) is 4.24. The molecule has 0 saturated carbocycles. The Morgan fingerprint density at radius 2 is 2.07 bits per heavy atom. The van der Waals surface area contributed by atoms with Crippen LogP contribution < -0.4 is 0 Å². The van der Waals surface area contributed by atoms with E-state index in [1.54, 1.807) is 6.07 Å². The van der Waals surface area contributed by atoms with Crippen LogP contribution in [0.5, 0.6) is 0 Å². The first kappa shape index (κ1) is 9.02. The summed E-state index contributed by atoms with van der Waals surface area (Å²) in [4.78, 5) is 11.4. The maximum Gasteiger partial charge on any atom is 0.222 e. The average Bonchev–Trinajstić information content (AvgIpc) is 2.18. The molecule has 0 fully saturated rings. The number of halogens is 2. The molecule has 70 valence electrons. The van der Waals surface area contributed by atoms with E-state index >= 15 is 0 Å². The molecule has 0 unspecified atom stereocenters. The third kappa shape index (κ3) is 1.70. The van der Waals surface area contributed by atoms with Gasteiger partial charge in [-0.2, -0.15) is 0 Å². The summed E-state index contributed by atoms with van der Waals surface area (Å²) in [5.41, 5.74) is 0.743. The Kier molecular flexibility index (Phi) is 2.37. The molecule has 0 N–H and O–H groups in total. The van der Waals surface area contributed by atoms with Gasteiger partial charge < -0.3 is 0 Å². The summed E-state index contributed by atoms with van der Waals surface area (Å²) in [7, 11) is 0. The van der Waals surface area contributed by atoms with Crippen molar-refractivity contribution >= 4 is 11.6 Å². The summed E-state index contributed by atoms with van der Waals surface area (Å²) in [6, 6.07) is 2.84. The van der Waals surface area contributed by atoms with E-state index in [2.05, 4.69) is 15.0 Å². The van der Waals surface area contributed by atoms with Crippen molar-refractivity contribution in [1.29, 1.82) is 0 Å². The number of rotatable bonds is 1. The van der Waals surface area contributed by atoms with E-state index in [0.717, 1.165) is 0 Å². The van der Waals surface area contributed by atoms with Gasteiger partial charge in [0.05, 0.1) is 11.3 Å². The zero-order chi connectivity index (χ0) is 9.97. The molecule has 2 heterocycles. The van der Waals surface area contributed by atoms with E-state index < -0.39 is 0 Å². The molecule has 3 nitrogen and oxygen atoms in total. The standard InChI is InChI=1S/C9H5ClFN3/c10-9-13-4-2-8(14-9)6-5-12-3-1-7(6)11/h1-5H. The lowest BCUT2D eigenvalue weighted by Crippen LogP contribution is -1.90. The van der Waals surface area contributed by atoms with Crippen LogP contribution in [0.1, 0.15) is 0 Å². The van der Waals surface area contributed by atoms with Gasteiger partial charge in [-0.15, -0.1) is 0 Å². The average molecular weight is 210 g/mol. The van der Waals surface area contributed by atoms with Gasteiger partial charge in [0.2, 0.25) is 5.28 Å². The number of hydrogen-bond donors (Lipinski definition) is 0. The van der Waals surface area contributed by atoms with Crippen LogP contribution in [0, 0.1) is 5.82 Å². The summed E-state index contributed by atoms with van der Waals surface area (Å²) < 4.78 is 13.3. The Labute approximate surface area is 84.6 Å². The minimum atomic E-state index is -0.380. The van der Waals surface area contributed by atoms with Crippen molar-refractivity contribution in [3.8, 4) is 11.3 Å². The number of aromatic nitrogens is 3. The molecule has 0 aliphatic heterocycles. The van der Waals surface area contributed by atoms with Crippen molar-refractivity contribution in [2.24, 2.45) is 0 Å². The third-order valence-electron chi connectivity index (χ3n) is 1.67. The molecule has 0 bridgehead atoms. The van der Waals surface area contributed by atoms with Gasteiger partial charge in [0.1, 0.15) is 5.82 Å². The minimum absolute atomic E-state index is 0.0887. The van der Waals surface area contributed by atoms with Crippen molar-refractivity contribution in [3.05, 3.63) is 41.8 Å². The van der Waals surface area contributed by atoms with Crippen molar-refractivity contribution in [1.82, 2.24) is 15.0 Å². The van der Waals surface area contributed by atoms with E-state index in [4.69, 9.17) is 11.6 Å². The van der Waals surface area contributed by atoms with Gasteiger partial charge >= 0.3 is 0 Å². The highest BCUT2D eigenvalue weighted by atomic mass is 35.5. The molecule has 0 aromatic carbocycles. The Balaban J connectivity index is 2.55. The number of nitrogens with zero attached hydrogens (tertiary/aromatic N) is 3. The van der Waals surface area contributed by atoms with Crippen molar-refractivity contribution < 1.29 is 4.39 Å². The molecule has 0 saturated heterocycles. The lowest BCUT2D eigenvalue weighted by atomic mass is 10.2. The second-order valence-corrected chi connectivity index (χ2v) is 2.90. The lowest BCUT2D eigenvalue weighted by Gasteiger charge is -2.00. The van der Waals surface area contributed by atoms with Gasteiger partial charge in [-0.25, -0.2) is 14.4 Å². The van der Waals surface area contributed by atoms with Gasteiger partial charge in [-0.1, -0.05) is 0 Å². The molecule has 5 heteroatoms. The van der Waals surface area contributed by atoms with Gasteiger partial charge in [0.15, 0.2) is 0 Å². The molecule has 2 aromatic heterocycles. The van der Waals surface area contributed by atoms with Crippen LogP contribution in [0.25, 0.3) is 11.3 Å². The van der Waals surface area contributed by atoms with E-state index in [1.807, 2.05) is 0 Å². The van der Waals surface area contributed by atoms with Gasteiger partial charge in [-0.3, -0.25) is 4.98 Å². The fourth-order valence-electron chi connectivity index (χ4n) is 1.05. The molecular weight excluding hydrogens is 205 g/mol. The number of pyridine rings is 1. The summed E-state index contributed by atoms with van der Waals surface area (Å²) >= 11 is 5.58. The highest BCUT2D eigenvalue weighted by Gasteiger charge is 2.06. The van der Waals surface area contributed by atoms with Crippen LogP contribution in [0.15, 0.2) is 30.7 Å². The molecular formula is C9H5ClFN3. The molecule has 0 radical (unpaired) electrons. The zero-order valence-corrected chi connectivity index (χ0v) is 7.74. The van der Waals surface area contributed by atoms with Crippen molar-refractivity contribution in [2.45, 2.75) is 0 Å². The maximum absolute atomic E-state index is 13.3. The summed E-state index contributed by atoms with van der Waals surface area (Å²) in [5, 5.41) is 0.0887.